The van der Waals surface area contributed by atoms with Crippen LogP contribution in [-0.4, -0.2) is 36.1 Å². The third-order valence-corrected chi connectivity index (χ3v) is 5.94. The minimum Gasteiger partial charge on any atom is -0.380 e. The molecule has 6 nitrogen and oxygen atoms in total. The van der Waals surface area contributed by atoms with E-state index in [0.29, 0.717) is 6.92 Å². The molecule has 1 aromatic heterocycles. The average molecular weight is 538 g/mol. The Hall–Kier alpha value is -2.86. The van der Waals surface area contributed by atoms with Crippen LogP contribution < -0.4 is 10.6 Å². The molecule has 0 radical (unpaired) electrons. The Balaban J connectivity index is 1.70. The van der Waals surface area contributed by atoms with Gasteiger partial charge in [0.05, 0.1) is 46.9 Å². The summed E-state index contributed by atoms with van der Waals surface area (Å²) < 4.78 is 84.8. The van der Waals surface area contributed by atoms with Crippen molar-refractivity contribution in [1.29, 1.82) is 0 Å². The minimum atomic E-state index is -4.68. The Morgan fingerprint density at radius 2 is 1.94 bits per heavy atom. The molecule has 0 saturated carbocycles. The van der Waals surface area contributed by atoms with E-state index < -0.39 is 59.1 Å². The van der Waals surface area contributed by atoms with Gasteiger partial charge >= 0.3 is 6.18 Å². The molecule has 1 aromatic carbocycles. The molecular weight excluding hydrogens is 516 g/mol. The number of carbonyl (C=O) groups excluding carboxylic acids is 2. The molecule has 196 valence electrons. The molecule has 13 heteroatoms. The number of alkyl halides is 5. The maximum atomic E-state index is 14.2. The maximum absolute atomic E-state index is 14.2. The summed E-state index contributed by atoms with van der Waals surface area (Å²) in [5.74, 6) is -6.05. The van der Waals surface area contributed by atoms with Gasteiger partial charge in [-0.25, -0.2) is 13.2 Å². The minimum absolute atomic E-state index is 0.00585. The molecule has 1 amide bonds. The number of carbonyl (C=O) groups is 2. The highest BCUT2D eigenvalue weighted by molar-refractivity contribution is 6.31. The lowest BCUT2D eigenvalue weighted by Gasteiger charge is -2.25. The number of hydrogen-bond acceptors (Lipinski definition) is 5. The molecule has 36 heavy (non-hydrogen) atoms. The summed E-state index contributed by atoms with van der Waals surface area (Å²) in [7, 11) is 0. The fraction of sp³-hybridized carbons (Fsp3) is 0.435. The highest BCUT2D eigenvalue weighted by Crippen LogP contribution is 2.37. The standard InChI is InChI=1S/C23H22ClF6N3O3/c1-21(26,27)15-3-2-4-17(25)19(15)33-13-7-16(24)18(31-10-13)11-32-20(35)22(5-6-36-12-22)8-14(34)9-23(28,29)30/h2-4,7,10,33H,5-6,8-9,11-12H2,1H3,(H,32,35)/t22-/m0/s1. The molecular formula is C23H22ClF6N3O3. The first-order valence-electron chi connectivity index (χ1n) is 10.7. The summed E-state index contributed by atoms with van der Waals surface area (Å²) in [4.78, 5) is 28.8. The fourth-order valence-corrected chi connectivity index (χ4v) is 4.08. The second-order valence-corrected chi connectivity index (χ2v) is 9.01. The van der Waals surface area contributed by atoms with Crippen molar-refractivity contribution in [1.82, 2.24) is 10.3 Å². The number of anilines is 2. The van der Waals surface area contributed by atoms with Crippen LogP contribution in [0.25, 0.3) is 0 Å². The molecule has 0 aliphatic carbocycles. The van der Waals surface area contributed by atoms with Gasteiger partial charge in [-0.2, -0.15) is 13.2 Å². The molecule has 1 atom stereocenters. The van der Waals surface area contributed by atoms with Crippen molar-refractivity contribution in [2.45, 2.75) is 44.8 Å². The normalized spacial score (nSPS) is 18.2. The predicted octanol–water partition coefficient (Wildman–Crippen LogP) is 5.66. The van der Waals surface area contributed by atoms with Crippen molar-refractivity contribution in [3.05, 3.63) is 52.6 Å². The van der Waals surface area contributed by atoms with Gasteiger partial charge in [0.25, 0.3) is 5.92 Å². The van der Waals surface area contributed by atoms with E-state index in [4.69, 9.17) is 16.3 Å². The Morgan fingerprint density at radius 1 is 1.22 bits per heavy atom. The second kappa shape index (κ2) is 10.6. The van der Waals surface area contributed by atoms with Gasteiger partial charge in [0.15, 0.2) is 0 Å². The Bertz CT molecular complexity index is 1130. The average Bonchev–Trinajstić information content (AvgIpc) is 3.21. The molecule has 2 heterocycles. The van der Waals surface area contributed by atoms with Crippen LogP contribution in [0.5, 0.6) is 0 Å². The van der Waals surface area contributed by atoms with Crippen LogP contribution in [0, 0.1) is 11.2 Å². The summed E-state index contributed by atoms with van der Waals surface area (Å²) >= 11 is 6.20. The third-order valence-electron chi connectivity index (χ3n) is 5.61. The number of aromatic nitrogens is 1. The summed E-state index contributed by atoms with van der Waals surface area (Å²) in [5.41, 5.74) is -2.21. The van der Waals surface area contributed by atoms with Gasteiger partial charge in [-0.3, -0.25) is 14.6 Å². The highest BCUT2D eigenvalue weighted by Gasteiger charge is 2.45. The zero-order valence-electron chi connectivity index (χ0n) is 18.9. The van der Waals surface area contributed by atoms with E-state index in [1.165, 1.54) is 12.3 Å². The van der Waals surface area contributed by atoms with E-state index in [-0.39, 0.29) is 42.6 Å². The highest BCUT2D eigenvalue weighted by atomic mass is 35.5. The summed E-state index contributed by atoms with van der Waals surface area (Å²) in [5, 5.41) is 5.06. The quantitative estimate of drug-likeness (QED) is 0.403. The molecule has 0 bridgehead atoms. The lowest BCUT2D eigenvalue weighted by atomic mass is 9.80. The van der Waals surface area contributed by atoms with Crippen molar-refractivity contribution < 1.29 is 40.7 Å². The van der Waals surface area contributed by atoms with E-state index >= 15 is 0 Å². The third kappa shape index (κ3) is 6.88. The Kier molecular flexibility index (Phi) is 8.19. The molecule has 3 rings (SSSR count). The van der Waals surface area contributed by atoms with E-state index in [2.05, 4.69) is 15.6 Å². The van der Waals surface area contributed by atoms with Crippen LogP contribution in [0.1, 0.15) is 37.4 Å². The first kappa shape index (κ1) is 27.7. The van der Waals surface area contributed by atoms with Crippen molar-refractivity contribution in [3.63, 3.8) is 0 Å². The molecule has 0 spiro atoms. The number of amides is 1. The van der Waals surface area contributed by atoms with Crippen LogP contribution in [0.2, 0.25) is 5.02 Å². The van der Waals surface area contributed by atoms with Crippen molar-refractivity contribution in [2.75, 3.05) is 18.5 Å². The van der Waals surface area contributed by atoms with E-state index in [1.54, 1.807) is 0 Å². The summed E-state index contributed by atoms with van der Waals surface area (Å²) in [6.45, 7) is 0.300. The molecule has 1 aliphatic heterocycles. The second-order valence-electron chi connectivity index (χ2n) is 8.60. The largest absolute Gasteiger partial charge is 0.395 e. The van der Waals surface area contributed by atoms with Crippen LogP contribution in [-0.2, 0) is 26.8 Å². The maximum Gasteiger partial charge on any atom is 0.395 e. The van der Waals surface area contributed by atoms with Crippen molar-refractivity contribution in [3.8, 4) is 0 Å². The van der Waals surface area contributed by atoms with Crippen molar-refractivity contribution in [2.24, 2.45) is 5.41 Å². The van der Waals surface area contributed by atoms with Gasteiger partial charge in [0.1, 0.15) is 18.0 Å². The Labute approximate surface area is 207 Å². The predicted molar refractivity (Wildman–Crippen MR) is 119 cm³/mol. The van der Waals surface area contributed by atoms with Gasteiger partial charge in [-0.15, -0.1) is 0 Å². The van der Waals surface area contributed by atoms with Gasteiger partial charge in [0, 0.05) is 25.5 Å². The number of rotatable bonds is 9. The number of benzene rings is 1. The lowest BCUT2D eigenvalue weighted by Crippen LogP contribution is -2.43. The number of pyridine rings is 1. The SMILES string of the molecule is CC(F)(F)c1cccc(F)c1Nc1cnc(CNC(=O)[C@]2(CC(=O)CC(F)(F)F)CCOC2)c(Cl)c1. The topological polar surface area (TPSA) is 80.3 Å². The number of halogens is 7. The smallest absolute Gasteiger partial charge is 0.380 e. The lowest BCUT2D eigenvalue weighted by molar-refractivity contribution is -0.156. The number of Topliss-reactive ketones (excluding diaryl/α,β-unsaturated/α-hetero) is 1. The van der Waals surface area contributed by atoms with Crippen LogP contribution in [0.15, 0.2) is 30.5 Å². The molecule has 1 aliphatic rings. The summed E-state index contributed by atoms with van der Waals surface area (Å²) in [6, 6.07) is 4.54. The number of ketones is 1. The fourth-order valence-electron chi connectivity index (χ4n) is 3.85. The van der Waals surface area contributed by atoms with E-state index in [9.17, 15) is 35.9 Å². The first-order valence-corrected chi connectivity index (χ1v) is 11.1. The number of nitrogens with one attached hydrogen (secondary N) is 2. The van der Waals surface area contributed by atoms with E-state index in [1.807, 2.05) is 0 Å². The number of para-hydroxylation sites is 1. The number of hydrogen-bond donors (Lipinski definition) is 2. The molecule has 1 saturated heterocycles. The van der Waals surface area contributed by atoms with Gasteiger partial charge in [-0.05, 0) is 18.6 Å². The molecule has 2 N–H and O–H groups in total. The van der Waals surface area contributed by atoms with Crippen LogP contribution >= 0.6 is 11.6 Å². The van der Waals surface area contributed by atoms with Crippen LogP contribution in [0.3, 0.4) is 0 Å². The number of ether oxygens (including phenoxy) is 1. The zero-order valence-corrected chi connectivity index (χ0v) is 19.7. The molecule has 2 aromatic rings. The molecule has 1 fully saturated rings. The Morgan fingerprint density at radius 3 is 2.53 bits per heavy atom. The number of nitrogens with zero attached hydrogens (tertiary/aromatic N) is 1. The van der Waals surface area contributed by atoms with Gasteiger partial charge in [-0.1, -0.05) is 23.7 Å². The zero-order chi connectivity index (χ0) is 26.7. The molecule has 0 unspecified atom stereocenters. The van der Waals surface area contributed by atoms with Crippen LogP contribution in [0.4, 0.5) is 37.7 Å². The van der Waals surface area contributed by atoms with Gasteiger partial charge < -0.3 is 15.4 Å². The summed E-state index contributed by atoms with van der Waals surface area (Å²) in [6.07, 6.45) is -5.69. The first-order chi connectivity index (χ1) is 16.7. The van der Waals surface area contributed by atoms with E-state index in [0.717, 1.165) is 18.2 Å². The van der Waals surface area contributed by atoms with Gasteiger partial charge in [0.2, 0.25) is 5.91 Å². The van der Waals surface area contributed by atoms with Crippen molar-refractivity contribution >= 4 is 34.7 Å². The monoisotopic (exact) mass is 537 g/mol.